The molecular weight excluding hydrogens is 871 g/mol. The van der Waals surface area contributed by atoms with E-state index in [-0.39, 0.29) is 55.8 Å². The molecule has 3 aliphatic heterocycles. The Morgan fingerprint density at radius 2 is 1.63 bits per heavy atom. The lowest BCUT2D eigenvalue weighted by molar-refractivity contribution is -0.688. The molecule has 0 bridgehead atoms. The third-order valence-corrected chi connectivity index (χ3v) is 11.5. The number of nitrogens with zero attached hydrogens (tertiary/aromatic N) is 3. The van der Waals surface area contributed by atoms with Crippen LogP contribution in [0.25, 0.3) is 6.08 Å². The van der Waals surface area contributed by atoms with E-state index in [0.29, 0.717) is 23.6 Å². The maximum absolute atomic E-state index is 13.3. The molecule has 3 aliphatic rings. The number of unbranched alkanes of at least 4 members (excludes halogenated alkanes) is 1. The molecule has 2 saturated heterocycles. The molecule has 356 valence electrons. The molecule has 0 unspecified atom stereocenters. The van der Waals surface area contributed by atoms with Gasteiger partial charge >= 0.3 is 0 Å². The van der Waals surface area contributed by atoms with Crippen LogP contribution < -0.4 is 31.0 Å². The van der Waals surface area contributed by atoms with E-state index in [1.54, 1.807) is 30.5 Å². The number of piperidine rings is 1. The maximum Gasteiger partial charge on any atom is 0.295 e. The Kier molecular flexibility index (Phi) is 17.8. The van der Waals surface area contributed by atoms with E-state index in [2.05, 4.69) is 16.0 Å². The number of amides is 6. The Bertz CT molecular complexity index is 2280. The molecule has 67 heavy (non-hydrogen) atoms. The van der Waals surface area contributed by atoms with Crippen LogP contribution in [-0.4, -0.2) is 137 Å². The Morgan fingerprint density at radius 3 is 2.34 bits per heavy atom. The van der Waals surface area contributed by atoms with Gasteiger partial charge in [0, 0.05) is 80.1 Å². The van der Waals surface area contributed by atoms with Crippen molar-refractivity contribution in [2.75, 3.05) is 38.0 Å². The zero-order valence-electron chi connectivity index (χ0n) is 36.7. The lowest BCUT2D eigenvalue weighted by atomic mass is 9.91. The number of anilines is 1. The maximum atomic E-state index is 13.3. The molecule has 0 radical (unpaired) electrons. The summed E-state index contributed by atoms with van der Waals surface area (Å²) >= 11 is 0. The van der Waals surface area contributed by atoms with Gasteiger partial charge in [-0.05, 0) is 67.7 Å². The summed E-state index contributed by atoms with van der Waals surface area (Å²) < 4.78 is 17.8. The van der Waals surface area contributed by atoms with Crippen LogP contribution in [0.15, 0.2) is 91.3 Å². The second-order valence-corrected chi connectivity index (χ2v) is 16.3. The average Bonchev–Trinajstić information content (AvgIpc) is 3.66. The summed E-state index contributed by atoms with van der Waals surface area (Å²) in [5, 5.41) is 39.4. The van der Waals surface area contributed by atoms with Crippen LogP contribution in [0.3, 0.4) is 0 Å². The number of aliphatic hydroxyl groups is 3. The number of benzene rings is 2. The SMILES string of the molecule is NC[C@@H](C(=O)NCCC(=O)Nc1cc(C[n+]2cccc(/C=C/C(=O)NCCCCC3CCN(C(=O)c4ccccc4)CC3)c2)ccc1O[C@@H]1O[C@H](OC=O)[C@@H](O)[C@H](O)[C@H]1O)N1C(=O)C=CC1=O. The van der Waals surface area contributed by atoms with Gasteiger partial charge in [-0.3, -0.25) is 43.2 Å². The number of pyridine rings is 1. The number of hydrogen-bond donors (Lipinski definition) is 7. The van der Waals surface area contributed by atoms with E-state index < -0.39 is 60.6 Å². The van der Waals surface area contributed by atoms with Crippen LogP contribution in [0, 0.1) is 5.92 Å². The van der Waals surface area contributed by atoms with Gasteiger partial charge in [-0.2, -0.15) is 0 Å². The minimum absolute atomic E-state index is 0.00691. The molecule has 6 amide bonds. The summed E-state index contributed by atoms with van der Waals surface area (Å²) in [6.07, 6.45) is 4.52. The summed E-state index contributed by atoms with van der Waals surface area (Å²) in [6.45, 7) is 1.73. The largest absolute Gasteiger partial charge is 0.460 e. The molecule has 4 heterocycles. The van der Waals surface area contributed by atoms with Gasteiger partial charge < -0.3 is 51.4 Å². The van der Waals surface area contributed by atoms with Gasteiger partial charge in [0.25, 0.3) is 24.2 Å². The Morgan fingerprint density at radius 1 is 0.896 bits per heavy atom. The minimum atomic E-state index is -1.84. The van der Waals surface area contributed by atoms with Crippen LogP contribution >= 0.6 is 0 Å². The molecule has 20 heteroatoms. The second-order valence-electron chi connectivity index (χ2n) is 16.3. The van der Waals surface area contributed by atoms with Gasteiger partial charge in [0.2, 0.25) is 30.3 Å². The number of imide groups is 1. The van der Waals surface area contributed by atoms with Crippen LogP contribution in [0.5, 0.6) is 5.75 Å². The monoisotopic (exact) mass is 926 g/mol. The summed E-state index contributed by atoms with van der Waals surface area (Å²) in [7, 11) is 0. The van der Waals surface area contributed by atoms with Crippen molar-refractivity contribution >= 4 is 53.7 Å². The zero-order chi connectivity index (χ0) is 47.9. The van der Waals surface area contributed by atoms with Crippen molar-refractivity contribution in [3.8, 4) is 5.75 Å². The number of carbonyl (C=O) groups excluding carboxylic acids is 7. The van der Waals surface area contributed by atoms with Gasteiger partial charge in [-0.1, -0.05) is 31.0 Å². The topological polar surface area (TPSA) is 280 Å². The van der Waals surface area contributed by atoms with Crippen molar-refractivity contribution < 1.29 is 67.7 Å². The molecular formula is C47H56N7O13+. The zero-order valence-corrected chi connectivity index (χ0v) is 36.7. The van der Waals surface area contributed by atoms with E-state index in [0.717, 1.165) is 67.8 Å². The predicted octanol–water partition coefficient (Wildman–Crippen LogP) is -0.111. The molecule has 2 fully saturated rings. The van der Waals surface area contributed by atoms with Crippen LogP contribution in [0.1, 0.15) is 60.0 Å². The highest BCUT2D eigenvalue weighted by molar-refractivity contribution is 6.15. The Labute approximate surface area is 386 Å². The summed E-state index contributed by atoms with van der Waals surface area (Å²) in [6, 6.07) is 16.4. The second kappa shape index (κ2) is 24.1. The van der Waals surface area contributed by atoms with Crippen LogP contribution in [-0.2, 0) is 44.8 Å². The number of carbonyl (C=O) groups is 7. The van der Waals surface area contributed by atoms with Crippen molar-refractivity contribution in [1.82, 2.24) is 20.4 Å². The molecule has 6 atom stereocenters. The van der Waals surface area contributed by atoms with E-state index in [9.17, 15) is 48.9 Å². The number of ether oxygens (including phenoxy) is 3. The molecule has 20 nitrogen and oxygen atoms in total. The van der Waals surface area contributed by atoms with Gasteiger partial charge in [0.05, 0.1) is 5.69 Å². The highest BCUT2D eigenvalue weighted by Crippen LogP contribution is 2.31. The quantitative estimate of drug-likeness (QED) is 0.0242. The van der Waals surface area contributed by atoms with Crippen LogP contribution in [0.2, 0.25) is 0 Å². The highest BCUT2D eigenvalue weighted by Gasteiger charge is 2.46. The lowest BCUT2D eigenvalue weighted by Crippen LogP contribution is -2.59. The van der Waals surface area contributed by atoms with Crippen molar-refractivity contribution in [2.45, 2.75) is 82.0 Å². The summed E-state index contributed by atoms with van der Waals surface area (Å²) in [5.41, 5.74) is 7.85. The summed E-state index contributed by atoms with van der Waals surface area (Å²) in [5.74, 6) is -2.39. The average molecular weight is 927 g/mol. The van der Waals surface area contributed by atoms with E-state index in [1.165, 1.54) is 12.1 Å². The molecule has 1 aromatic heterocycles. The fourth-order valence-electron chi connectivity index (χ4n) is 7.90. The molecule has 0 spiro atoms. The van der Waals surface area contributed by atoms with Gasteiger partial charge in [-0.15, -0.1) is 0 Å². The van der Waals surface area contributed by atoms with Crippen molar-refractivity contribution in [1.29, 1.82) is 0 Å². The van der Waals surface area contributed by atoms with Crippen molar-refractivity contribution in [2.24, 2.45) is 11.7 Å². The fraction of sp³-hybridized carbons (Fsp3) is 0.404. The smallest absolute Gasteiger partial charge is 0.295 e. The third-order valence-electron chi connectivity index (χ3n) is 11.5. The number of nitrogens with one attached hydrogen (secondary N) is 3. The van der Waals surface area contributed by atoms with Gasteiger partial charge in [0.15, 0.2) is 18.9 Å². The number of nitrogens with two attached hydrogens (primary N) is 1. The fourth-order valence-corrected chi connectivity index (χ4v) is 7.90. The van der Waals surface area contributed by atoms with E-state index in [4.69, 9.17) is 19.9 Å². The predicted molar refractivity (Wildman–Crippen MR) is 238 cm³/mol. The number of rotatable bonds is 21. The minimum Gasteiger partial charge on any atom is -0.460 e. The molecule has 3 aromatic rings. The highest BCUT2D eigenvalue weighted by atomic mass is 16.8. The first kappa shape index (κ1) is 49.6. The number of aromatic nitrogens is 1. The third kappa shape index (κ3) is 13.6. The van der Waals surface area contributed by atoms with E-state index >= 15 is 0 Å². The molecule has 0 saturated carbocycles. The van der Waals surface area contributed by atoms with E-state index in [1.807, 2.05) is 52.1 Å². The normalized spacial score (nSPS) is 21.2. The number of likely N-dealkylation sites (tertiary alicyclic amines) is 1. The van der Waals surface area contributed by atoms with Gasteiger partial charge in [0.1, 0.15) is 30.1 Å². The molecule has 8 N–H and O–H groups in total. The molecule has 0 aliphatic carbocycles. The first-order chi connectivity index (χ1) is 32.3. The first-order valence-corrected chi connectivity index (χ1v) is 22.1. The number of hydrogen-bond acceptors (Lipinski definition) is 14. The lowest BCUT2D eigenvalue weighted by Gasteiger charge is -2.39. The Balaban J connectivity index is 1.02. The molecule has 2 aromatic carbocycles. The van der Waals surface area contributed by atoms with Gasteiger partial charge in [-0.25, -0.2) is 4.57 Å². The standard InChI is InChI=1S/C47H55N7O13/c48-26-35(54-39(58)15-16-40(54)59)44(63)50-21-17-38(57)51-34-25-32(11-13-36(34)66-47-43(62)41(60)42(61)46(67-47)65-29-55)28-52-22-6-8-31(27-52)12-14-37(56)49-20-5-4-7-30-18-23-53(24-19-30)45(64)33-9-2-1-3-10-33/h1-3,6,8-16,22,25,27,29-30,35,41-43,46-47,60-62H,4-5,7,17-21,23-24,26,28,48H2,(H2-,49,50,51,56,57,63)/p+1/b14-12+/t35-,41-,42-,43+,46-,47+/m0/s1. The Hall–Kier alpha value is -6.84. The summed E-state index contributed by atoms with van der Waals surface area (Å²) in [4.78, 5) is 89.4. The van der Waals surface area contributed by atoms with Crippen LogP contribution in [0.4, 0.5) is 5.69 Å². The molecule has 6 rings (SSSR count). The van der Waals surface area contributed by atoms with Crippen molar-refractivity contribution in [3.63, 3.8) is 0 Å². The first-order valence-electron chi connectivity index (χ1n) is 22.1. The number of aliphatic hydroxyl groups excluding tert-OH is 3. The van der Waals surface area contributed by atoms with Crippen molar-refractivity contribution in [3.05, 3.63) is 108 Å².